The van der Waals surface area contributed by atoms with E-state index >= 15 is 0 Å². The number of halogens is 2. The van der Waals surface area contributed by atoms with E-state index in [-0.39, 0.29) is 11.8 Å². The number of ether oxygens (including phenoxy) is 1. The summed E-state index contributed by atoms with van der Waals surface area (Å²) in [6.07, 6.45) is 0.525. The average molecular weight is 338 g/mol. The molecule has 1 N–H and O–H groups in total. The van der Waals surface area contributed by atoms with Gasteiger partial charge in [0.15, 0.2) is 0 Å². The zero-order valence-corrected chi connectivity index (χ0v) is 13.9. The van der Waals surface area contributed by atoms with Gasteiger partial charge >= 0.3 is 0 Å². The maximum atomic E-state index is 11.8. The van der Waals surface area contributed by atoms with Crippen LogP contribution in [0.25, 0.3) is 0 Å². The fourth-order valence-electron chi connectivity index (χ4n) is 2.25. The standard InChI is InChI=1S/C13H17Cl2NO3S/c1-4-20(17,18)16-11-7-13(2,3)19-12-6-10(15)9(14)5-8(11)12/h5-6,11,16H,4,7H2,1-3H3. The minimum Gasteiger partial charge on any atom is -0.487 e. The smallest absolute Gasteiger partial charge is 0.211 e. The van der Waals surface area contributed by atoms with E-state index in [2.05, 4.69) is 4.72 Å². The molecule has 0 saturated carbocycles. The molecular weight excluding hydrogens is 321 g/mol. The van der Waals surface area contributed by atoms with Gasteiger partial charge in [0.05, 0.1) is 21.8 Å². The van der Waals surface area contributed by atoms with E-state index in [1.54, 1.807) is 19.1 Å². The Morgan fingerprint density at radius 1 is 1.35 bits per heavy atom. The highest BCUT2D eigenvalue weighted by Crippen LogP contribution is 2.43. The number of nitrogens with one attached hydrogen (secondary N) is 1. The molecule has 4 nitrogen and oxygen atoms in total. The van der Waals surface area contributed by atoms with Gasteiger partial charge in [-0.2, -0.15) is 0 Å². The summed E-state index contributed by atoms with van der Waals surface area (Å²) in [7, 11) is -3.32. The quantitative estimate of drug-likeness (QED) is 0.917. The van der Waals surface area contributed by atoms with E-state index in [1.165, 1.54) is 0 Å². The van der Waals surface area contributed by atoms with Gasteiger partial charge in [0.1, 0.15) is 11.4 Å². The minimum atomic E-state index is -3.32. The first-order valence-electron chi connectivity index (χ1n) is 6.31. The monoisotopic (exact) mass is 337 g/mol. The van der Waals surface area contributed by atoms with Gasteiger partial charge in [0.25, 0.3) is 0 Å². The van der Waals surface area contributed by atoms with Crippen molar-refractivity contribution in [2.75, 3.05) is 5.75 Å². The third-order valence-corrected chi connectivity index (χ3v) is 5.34. The zero-order chi connectivity index (χ0) is 15.1. The molecule has 1 aromatic rings. The molecule has 1 aliphatic heterocycles. The molecule has 0 fully saturated rings. The van der Waals surface area contributed by atoms with Crippen LogP contribution in [0.4, 0.5) is 0 Å². The van der Waals surface area contributed by atoms with Gasteiger partial charge < -0.3 is 4.74 Å². The molecule has 1 heterocycles. The Balaban J connectivity index is 2.47. The summed E-state index contributed by atoms with van der Waals surface area (Å²) in [4.78, 5) is 0. The summed E-state index contributed by atoms with van der Waals surface area (Å²) in [5, 5.41) is 0.773. The minimum absolute atomic E-state index is 0.0292. The van der Waals surface area contributed by atoms with Gasteiger partial charge in [0.2, 0.25) is 10.0 Å². The highest BCUT2D eigenvalue weighted by molar-refractivity contribution is 7.89. The molecule has 7 heteroatoms. The van der Waals surface area contributed by atoms with Crippen LogP contribution in [0.1, 0.15) is 38.8 Å². The lowest BCUT2D eigenvalue weighted by Crippen LogP contribution is -2.41. The molecule has 0 aliphatic carbocycles. The largest absolute Gasteiger partial charge is 0.487 e. The second kappa shape index (κ2) is 5.37. The van der Waals surface area contributed by atoms with Crippen molar-refractivity contribution in [1.82, 2.24) is 4.72 Å². The Kier molecular flexibility index (Phi) is 4.27. The first-order chi connectivity index (χ1) is 9.13. The third-order valence-electron chi connectivity index (χ3n) is 3.21. The Morgan fingerprint density at radius 2 is 1.95 bits per heavy atom. The highest BCUT2D eigenvalue weighted by atomic mass is 35.5. The first kappa shape index (κ1) is 15.9. The molecule has 1 atom stereocenters. The first-order valence-corrected chi connectivity index (χ1v) is 8.72. The van der Waals surface area contributed by atoms with E-state index in [0.717, 1.165) is 5.56 Å². The Hall–Kier alpha value is -0.490. The van der Waals surface area contributed by atoms with Crippen LogP contribution in [-0.4, -0.2) is 19.8 Å². The zero-order valence-electron chi connectivity index (χ0n) is 11.5. The van der Waals surface area contributed by atoms with Gasteiger partial charge in [-0.15, -0.1) is 0 Å². The van der Waals surface area contributed by atoms with Gasteiger partial charge in [-0.1, -0.05) is 23.2 Å². The van der Waals surface area contributed by atoms with Crippen molar-refractivity contribution in [3.63, 3.8) is 0 Å². The molecular formula is C13H17Cl2NO3S. The van der Waals surface area contributed by atoms with Crippen LogP contribution in [0.5, 0.6) is 5.75 Å². The van der Waals surface area contributed by atoms with Crippen LogP contribution < -0.4 is 9.46 Å². The summed E-state index contributed by atoms with van der Waals surface area (Å²) in [6.45, 7) is 5.42. The molecule has 0 amide bonds. The summed E-state index contributed by atoms with van der Waals surface area (Å²) >= 11 is 12.0. The average Bonchev–Trinajstić information content (AvgIpc) is 2.30. The van der Waals surface area contributed by atoms with Gasteiger partial charge in [0, 0.05) is 18.1 Å². The number of sulfonamides is 1. The van der Waals surface area contributed by atoms with Crippen LogP contribution in [0.2, 0.25) is 10.0 Å². The van der Waals surface area contributed by atoms with E-state index in [9.17, 15) is 8.42 Å². The topological polar surface area (TPSA) is 55.4 Å². The van der Waals surface area contributed by atoms with Crippen LogP contribution in [0.3, 0.4) is 0 Å². The molecule has 0 bridgehead atoms. The number of rotatable bonds is 3. The van der Waals surface area contributed by atoms with Crippen molar-refractivity contribution in [1.29, 1.82) is 0 Å². The van der Waals surface area contributed by atoms with Gasteiger partial charge in [-0.05, 0) is 26.8 Å². The third kappa shape index (κ3) is 3.39. The predicted octanol–water partition coefficient (Wildman–Crippen LogP) is 3.53. The molecule has 112 valence electrons. The fourth-order valence-corrected chi connectivity index (χ4v) is 3.39. The normalized spacial score (nSPS) is 21.1. The summed E-state index contributed by atoms with van der Waals surface area (Å²) in [6, 6.07) is 2.93. The molecule has 2 rings (SSSR count). The SMILES string of the molecule is CCS(=O)(=O)NC1CC(C)(C)Oc2cc(Cl)c(Cl)cc21. The van der Waals surface area contributed by atoms with Gasteiger partial charge in [-0.3, -0.25) is 0 Å². The predicted molar refractivity (Wildman–Crippen MR) is 81.1 cm³/mol. The second-order valence-corrected chi connectivity index (χ2v) is 8.30. The lowest BCUT2D eigenvalue weighted by atomic mass is 9.90. The molecule has 0 aromatic heterocycles. The van der Waals surface area contributed by atoms with E-state index in [0.29, 0.717) is 22.2 Å². The number of fused-ring (bicyclic) bond motifs is 1. The van der Waals surface area contributed by atoms with Crippen LogP contribution in [0, 0.1) is 0 Å². The lowest BCUT2D eigenvalue weighted by molar-refractivity contribution is 0.0702. The van der Waals surface area contributed by atoms with Gasteiger partial charge in [-0.25, -0.2) is 13.1 Å². The van der Waals surface area contributed by atoms with Crippen molar-refractivity contribution in [3.05, 3.63) is 27.7 Å². The molecule has 1 aromatic carbocycles. The number of benzene rings is 1. The van der Waals surface area contributed by atoms with Crippen molar-refractivity contribution in [2.45, 2.75) is 38.8 Å². The van der Waals surface area contributed by atoms with Crippen LogP contribution in [0.15, 0.2) is 12.1 Å². The van der Waals surface area contributed by atoms with Crippen LogP contribution >= 0.6 is 23.2 Å². The Bertz CT molecular complexity index is 629. The maximum absolute atomic E-state index is 11.8. The Morgan fingerprint density at radius 3 is 2.55 bits per heavy atom. The maximum Gasteiger partial charge on any atom is 0.211 e. The van der Waals surface area contributed by atoms with E-state index in [1.807, 2.05) is 13.8 Å². The fraction of sp³-hybridized carbons (Fsp3) is 0.538. The molecule has 0 radical (unpaired) electrons. The van der Waals surface area contributed by atoms with Crippen molar-refractivity contribution >= 4 is 33.2 Å². The highest BCUT2D eigenvalue weighted by Gasteiger charge is 2.36. The molecule has 0 spiro atoms. The molecule has 0 saturated heterocycles. The summed E-state index contributed by atoms with van der Waals surface area (Å²) in [5.74, 6) is 0.598. The van der Waals surface area contributed by atoms with Crippen molar-refractivity contribution in [2.24, 2.45) is 0 Å². The second-order valence-electron chi connectivity index (χ2n) is 5.44. The molecule has 20 heavy (non-hydrogen) atoms. The van der Waals surface area contributed by atoms with E-state index in [4.69, 9.17) is 27.9 Å². The Labute approximate surface area is 129 Å². The summed E-state index contributed by atoms with van der Waals surface area (Å²) in [5.41, 5.74) is 0.237. The molecule has 1 unspecified atom stereocenters. The lowest BCUT2D eigenvalue weighted by Gasteiger charge is -2.38. The number of hydrogen-bond donors (Lipinski definition) is 1. The van der Waals surface area contributed by atoms with E-state index < -0.39 is 15.6 Å². The van der Waals surface area contributed by atoms with Crippen molar-refractivity contribution < 1.29 is 13.2 Å². The van der Waals surface area contributed by atoms with Crippen molar-refractivity contribution in [3.8, 4) is 5.75 Å². The van der Waals surface area contributed by atoms with Crippen LogP contribution in [-0.2, 0) is 10.0 Å². The number of hydrogen-bond acceptors (Lipinski definition) is 3. The molecule has 1 aliphatic rings. The summed E-state index contributed by atoms with van der Waals surface area (Å²) < 4.78 is 32.2.